The second-order valence-electron chi connectivity index (χ2n) is 3.66. The topological polar surface area (TPSA) is 85.1 Å². The number of carbonyl (C=O) groups is 1. The monoisotopic (exact) mass is 279 g/mol. The predicted molar refractivity (Wildman–Crippen MR) is 76.1 cm³/mol. The molecule has 1 heterocycles. The van der Waals surface area contributed by atoms with Crippen molar-refractivity contribution in [3.63, 3.8) is 0 Å². The van der Waals surface area contributed by atoms with E-state index in [1.54, 1.807) is 12.3 Å². The average Bonchev–Trinajstić information content (AvgIpc) is 2.45. The summed E-state index contributed by atoms with van der Waals surface area (Å²) in [7, 11) is -0.875. The smallest absolute Gasteiger partial charge is 0.252 e. The molecule has 1 amide bonds. The molecule has 0 aromatic carbocycles. The Balaban J connectivity index is 2.59. The van der Waals surface area contributed by atoms with Gasteiger partial charge < -0.3 is 11.1 Å². The van der Waals surface area contributed by atoms with Gasteiger partial charge in [-0.3, -0.25) is 14.0 Å². The Kier molecular flexibility index (Phi) is 6.79. The van der Waals surface area contributed by atoms with Crippen molar-refractivity contribution in [2.24, 2.45) is 5.73 Å². The summed E-state index contributed by atoms with van der Waals surface area (Å²) in [5.41, 5.74) is 6.36. The maximum absolute atomic E-state index is 11.8. The van der Waals surface area contributed by atoms with Crippen LogP contribution in [-0.2, 0) is 10.8 Å². The number of nitrogens with zero attached hydrogens (tertiary/aromatic N) is 1. The van der Waals surface area contributed by atoms with Gasteiger partial charge in [-0.25, -0.2) is 0 Å². The highest BCUT2D eigenvalue weighted by Gasteiger charge is 2.06. The Morgan fingerprint density at radius 1 is 1.53 bits per heavy atom. The minimum Gasteiger partial charge on any atom is -0.351 e. The number of amides is 1. The van der Waals surface area contributed by atoms with Gasteiger partial charge in [0.2, 0.25) is 0 Å². The van der Waals surface area contributed by atoms with Crippen LogP contribution in [0.4, 0.5) is 0 Å². The van der Waals surface area contributed by atoms with E-state index in [1.807, 2.05) is 6.92 Å². The van der Waals surface area contributed by atoms with E-state index < -0.39 is 10.8 Å². The summed E-state index contributed by atoms with van der Waals surface area (Å²) in [6, 6.07) is 1.65. The van der Waals surface area contributed by atoms with Crippen molar-refractivity contribution in [1.29, 1.82) is 0 Å². The van der Waals surface area contributed by atoms with Crippen LogP contribution in [-0.4, -0.2) is 39.7 Å². The van der Waals surface area contributed by atoms with Gasteiger partial charge in [-0.05, 0) is 6.07 Å². The van der Waals surface area contributed by atoms with Crippen molar-refractivity contribution in [1.82, 2.24) is 10.3 Å². The fraction of sp³-hybridized carbons (Fsp3) is 0.385. The molecular formula is C13H17N3O2S. The Bertz CT molecular complexity index is 520. The lowest BCUT2D eigenvalue weighted by atomic mass is 10.2. The second-order valence-corrected chi connectivity index (χ2v) is 5.52. The minimum atomic E-state index is -0.875. The zero-order chi connectivity index (χ0) is 14.1. The third-order valence-corrected chi connectivity index (χ3v) is 3.58. The molecule has 0 saturated carbocycles. The van der Waals surface area contributed by atoms with Crippen molar-refractivity contribution in [2.45, 2.75) is 6.92 Å². The SMILES string of the molecule is CCS(=O)CCNC(=O)c1cncc(C#CCN)c1. The number of nitrogens with one attached hydrogen (secondary N) is 1. The van der Waals surface area contributed by atoms with Gasteiger partial charge in [-0.2, -0.15) is 0 Å². The maximum atomic E-state index is 11.8. The zero-order valence-electron chi connectivity index (χ0n) is 10.8. The van der Waals surface area contributed by atoms with Gasteiger partial charge in [-0.1, -0.05) is 18.8 Å². The lowest BCUT2D eigenvalue weighted by Crippen LogP contribution is -2.28. The molecule has 1 rings (SSSR count). The molecule has 1 aromatic rings. The molecule has 0 aliphatic heterocycles. The highest BCUT2D eigenvalue weighted by atomic mass is 32.2. The van der Waals surface area contributed by atoms with Crippen LogP contribution in [0.3, 0.4) is 0 Å². The minimum absolute atomic E-state index is 0.239. The summed E-state index contributed by atoms with van der Waals surface area (Å²) in [5.74, 6) is 6.34. The van der Waals surface area contributed by atoms with E-state index in [0.717, 1.165) is 0 Å². The highest BCUT2D eigenvalue weighted by Crippen LogP contribution is 2.01. The van der Waals surface area contributed by atoms with E-state index >= 15 is 0 Å². The number of carbonyl (C=O) groups excluding carboxylic acids is 1. The molecule has 1 aromatic heterocycles. The van der Waals surface area contributed by atoms with Crippen LogP contribution in [0.25, 0.3) is 0 Å². The fourth-order valence-electron chi connectivity index (χ4n) is 1.31. The van der Waals surface area contributed by atoms with Gasteiger partial charge in [0.1, 0.15) is 0 Å². The normalized spacial score (nSPS) is 11.3. The molecule has 0 aliphatic carbocycles. The van der Waals surface area contributed by atoms with Crippen LogP contribution in [0.1, 0.15) is 22.8 Å². The summed E-state index contributed by atoms with van der Waals surface area (Å²) in [5, 5.41) is 2.70. The van der Waals surface area contributed by atoms with E-state index in [2.05, 4.69) is 22.1 Å². The molecule has 5 nitrogen and oxygen atoms in total. The number of rotatable bonds is 5. The number of aromatic nitrogens is 1. The molecule has 0 aliphatic rings. The lowest BCUT2D eigenvalue weighted by molar-refractivity contribution is 0.0955. The number of nitrogens with two attached hydrogens (primary N) is 1. The van der Waals surface area contributed by atoms with E-state index in [1.165, 1.54) is 6.20 Å². The van der Waals surface area contributed by atoms with Crippen LogP contribution in [0, 0.1) is 11.8 Å². The molecule has 1 unspecified atom stereocenters. The van der Waals surface area contributed by atoms with Gasteiger partial charge in [0.15, 0.2) is 0 Å². The van der Waals surface area contributed by atoms with Gasteiger partial charge in [0, 0.05) is 46.8 Å². The van der Waals surface area contributed by atoms with Gasteiger partial charge in [0.25, 0.3) is 5.91 Å². The van der Waals surface area contributed by atoms with Gasteiger partial charge in [0.05, 0.1) is 12.1 Å². The molecule has 3 N–H and O–H groups in total. The summed E-state index contributed by atoms with van der Waals surface area (Å²) in [6.07, 6.45) is 3.05. The number of pyridine rings is 1. The van der Waals surface area contributed by atoms with Crippen molar-refractivity contribution in [2.75, 3.05) is 24.6 Å². The molecule has 0 radical (unpaired) electrons. The molecule has 19 heavy (non-hydrogen) atoms. The van der Waals surface area contributed by atoms with Gasteiger partial charge in [-0.15, -0.1) is 0 Å². The molecule has 6 heteroatoms. The summed E-state index contributed by atoms with van der Waals surface area (Å²) in [4.78, 5) is 15.8. The molecule has 1 atom stereocenters. The molecule has 0 fully saturated rings. The molecule has 0 bridgehead atoms. The first kappa shape index (κ1) is 15.3. The van der Waals surface area contributed by atoms with Crippen molar-refractivity contribution < 1.29 is 9.00 Å². The first-order valence-electron chi connectivity index (χ1n) is 5.94. The van der Waals surface area contributed by atoms with Crippen LogP contribution in [0.15, 0.2) is 18.5 Å². The first-order chi connectivity index (χ1) is 9.17. The quantitative estimate of drug-likeness (QED) is 0.737. The van der Waals surface area contributed by atoms with Crippen LogP contribution in [0.2, 0.25) is 0 Å². The third-order valence-electron chi connectivity index (χ3n) is 2.27. The third kappa shape index (κ3) is 5.64. The average molecular weight is 279 g/mol. The largest absolute Gasteiger partial charge is 0.351 e. The summed E-state index contributed by atoms with van der Waals surface area (Å²) in [6.45, 7) is 2.50. The van der Waals surface area contributed by atoms with Crippen molar-refractivity contribution in [3.05, 3.63) is 29.6 Å². The number of hydrogen-bond donors (Lipinski definition) is 2. The van der Waals surface area contributed by atoms with Crippen LogP contribution in [0.5, 0.6) is 0 Å². The number of hydrogen-bond acceptors (Lipinski definition) is 4. The predicted octanol–water partition coefficient (Wildman–Crippen LogP) is -0.110. The lowest BCUT2D eigenvalue weighted by Gasteiger charge is -2.04. The van der Waals surface area contributed by atoms with Crippen molar-refractivity contribution in [3.8, 4) is 11.8 Å². The summed E-state index contributed by atoms with van der Waals surface area (Å²) < 4.78 is 11.2. The zero-order valence-corrected chi connectivity index (χ0v) is 11.6. The Morgan fingerprint density at radius 2 is 2.32 bits per heavy atom. The van der Waals surface area contributed by atoms with Crippen LogP contribution < -0.4 is 11.1 Å². The van der Waals surface area contributed by atoms with E-state index in [4.69, 9.17) is 5.73 Å². The Labute approximate surface area is 115 Å². The molecular weight excluding hydrogens is 262 g/mol. The van der Waals surface area contributed by atoms with E-state index in [0.29, 0.717) is 29.2 Å². The summed E-state index contributed by atoms with van der Waals surface area (Å²) >= 11 is 0. The standard InChI is InChI=1S/C13H17N3O2S/c1-2-19(18)7-6-16-13(17)12-8-11(4-3-5-14)9-15-10-12/h8-10H,2,5-7,14H2,1H3,(H,16,17). The Hall–Kier alpha value is -1.71. The molecule has 0 saturated heterocycles. The highest BCUT2D eigenvalue weighted by molar-refractivity contribution is 7.84. The molecule has 0 spiro atoms. The Morgan fingerprint density at radius 3 is 3.00 bits per heavy atom. The van der Waals surface area contributed by atoms with Gasteiger partial charge >= 0.3 is 0 Å². The first-order valence-corrected chi connectivity index (χ1v) is 7.43. The van der Waals surface area contributed by atoms with Crippen molar-refractivity contribution >= 4 is 16.7 Å². The maximum Gasteiger partial charge on any atom is 0.252 e. The van der Waals surface area contributed by atoms with E-state index in [-0.39, 0.29) is 12.5 Å². The van der Waals surface area contributed by atoms with Crippen LogP contribution >= 0.6 is 0 Å². The molecule has 102 valence electrons. The van der Waals surface area contributed by atoms with E-state index in [9.17, 15) is 9.00 Å². The fourth-order valence-corrected chi connectivity index (χ4v) is 1.93. The second kappa shape index (κ2) is 8.40.